The van der Waals surface area contributed by atoms with E-state index in [9.17, 15) is 9.59 Å². The molecule has 0 saturated heterocycles. The quantitative estimate of drug-likeness (QED) is 0.770. The molecule has 0 saturated carbocycles. The van der Waals surface area contributed by atoms with E-state index < -0.39 is 6.03 Å². The number of nitrogens with one attached hydrogen (secondary N) is 3. The summed E-state index contributed by atoms with van der Waals surface area (Å²) in [5.74, 6) is 0.280. The molecule has 1 heterocycles. The molecule has 0 aliphatic heterocycles. The fraction of sp³-hybridized carbons (Fsp3) is 0.154. The lowest BCUT2D eigenvalue weighted by Gasteiger charge is -2.10. The number of aromatic amines is 1. The third-order valence-corrected chi connectivity index (χ3v) is 2.77. The zero-order chi connectivity index (χ0) is 13.8. The van der Waals surface area contributed by atoms with Crippen LogP contribution in [0.4, 0.5) is 16.3 Å². The zero-order valence-corrected chi connectivity index (χ0v) is 10.7. The maximum absolute atomic E-state index is 11.8. The maximum atomic E-state index is 11.8. The summed E-state index contributed by atoms with van der Waals surface area (Å²) in [6, 6.07) is 7.98. The molecular formula is C13H14N4O2. The first-order valence-electron chi connectivity index (χ1n) is 5.76. The number of hydrogen-bond acceptors (Lipinski definition) is 3. The van der Waals surface area contributed by atoms with E-state index in [1.165, 1.54) is 12.1 Å². The van der Waals surface area contributed by atoms with Gasteiger partial charge in [0, 0.05) is 11.8 Å². The Labute approximate surface area is 109 Å². The van der Waals surface area contributed by atoms with Gasteiger partial charge < -0.3 is 5.32 Å². The van der Waals surface area contributed by atoms with Crippen LogP contribution in [-0.4, -0.2) is 16.2 Å². The van der Waals surface area contributed by atoms with Gasteiger partial charge >= 0.3 is 6.03 Å². The molecule has 0 atom stereocenters. The number of aromatic nitrogens is 2. The summed E-state index contributed by atoms with van der Waals surface area (Å²) in [6.45, 7) is 3.91. The van der Waals surface area contributed by atoms with Crippen LogP contribution in [0.3, 0.4) is 0 Å². The summed E-state index contributed by atoms with van der Waals surface area (Å²) in [4.78, 5) is 22.6. The number of carbonyl (C=O) groups excluding carboxylic acids is 1. The van der Waals surface area contributed by atoms with Crippen molar-refractivity contribution in [1.29, 1.82) is 0 Å². The van der Waals surface area contributed by atoms with E-state index in [-0.39, 0.29) is 11.4 Å². The third kappa shape index (κ3) is 3.19. The predicted octanol–water partition coefficient (Wildman–Crippen LogP) is 2.03. The van der Waals surface area contributed by atoms with E-state index in [2.05, 4.69) is 20.8 Å². The normalized spacial score (nSPS) is 10.0. The molecule has 2 aromatic rings. The second-order valence-corrected chi connectivity index (χ2v) is 4.13. The van der Waals surface area contributed by atoms with E-state index in [0.29, 0.717) is 0 Å². The SMILES string of the molecule is Cc1cccc(NC(=O)Nc2ccc(=O)[nH]n2)c1C. The number of urea groups is 1. The average molecular weight is 258 g/mol. The van der Waals surface area contributed by atoms with Crippen molar-refractivity contribution in [3.8, 4) is 0 Å². The molecule has 0 unspecified atom stereocenters. The summed E-state index contributed by atoms with van der Waals surface area (Å²) in [6.07, 6.45) is 0. The van der Waals surface area contributed by atoms with Gasteiger partial charge in [-0.25, -0.2) is 9.89 Å². The first-order chi connectivity index (χ1) is 9.06. The highest BCUT2D eigenvalue weighted by Gasteiger charge is 2.06. The molecule has 2 rings (SSSR count). The second-order valence-electron chi connectivity index (χ2n) is 4.13. The van der Waals surface area contributed by atoms with Crippen molar-refractivity contribution in [3.05, 3.63) is 51.8 Å². The second kappa shape index (κ2) is 5.34. The number of hydrogen-bond donors (Lipinski definition) is 3. The molecule has 6 heteroatoms. The number of carbonyl (C=O) groups is 1. The monoisotopic (exact) mass is 258 g/mol. The Hall–Kier alpha value is -2.63. The molecule has 2 amide bonds. The van der Waals surface area contributed by atoms with E-state index in [4.69, 9.17) is 0 Å². The van der Waals surface area contributed by atoms with Gasteiger partial charge in [0.25, 0.3) is 5.56 Å². The van der Waals surface area contributed by atoms with Crippen molar-refractivity contribution in [2.24, 2.45) is 0 Å². The predicted molar refractivity (Wildman–Crippen MR) is 73.4 cm³/mol. The average Bonchev–Trinajstić information content (AvgIpc) is 2.38. The lowest BCUT2D eigenvalue weighted by Crippen LogP contribution is -2.21. The van der Waals surface area contributed by atoms with Crippen LogP contribution in [-0.2, 0) is 0 Å². The highest BCUT2D eigenvalue weighted by Crippen LogP contribution is 2.17. The highest BCUT2D eigenvalue weighted by atomic mass is 16.2. The van der Waals surface area contributed by atoms with E-state index in [1.807, 2.05) is 32.0 Å². The van der Waals surface area contributed by atoms with Crippen molar-refractivity contribution < 1.29 is 4.79 Å². The van der Waals surface area contributed by atoms with Gasteiger partial charge in [-0.2, -0.15) is 5.10 Å². The molecular weight excluding hydrogens is 244 g/mol. The maximum Gasteiger partial charge on any atom is 0.324 e. The Bertz CT molecular complexity index is 643. The number of H-pyrrole nitrogens is 1. The molecule has 98 valence electrons. The first-order valence-corrected chi connectivity index (χ1v) is 5.76. The molecule has 6 nitrogen and oxygen atoms in total. The smallest absolute Gasteiger partial charge is 0.307 e. The standard InChI is InChI=1S/C13H14N4O2/c1-8-4-3-5-10(9(8)2)14-13(19)15-11-6-7-12(18)17-16-11/h3-7H,1-2H3,(H,17,18)(H2,14,15,16,19). The Morgan fingerprint density at radius 2 is 1.95 bits per heavy atom. The molecule has 0 radical (unpaired) electrons. The van der Waals surface area contributed by atoms with E-state index in [0.717, 1.165) is 16.8 Å². The van der Waals surface area contributed by atoms with Gasteiger partial charge in [-0.15, -0.1) is 0 Å². The number of benzene rings is 1. The van der Waals surface area contributed by atoms with Crippen molar-refractivity contribution in [2.75, 3.05) is 10.6 Å². The summed E-state index contributed by atoms with van der Waals surface area (Å²) in [7, 11) is 0. The molecule has 3 N–H and O–H groups in total. The van der Waals surface area contributed by atoms with Gasteiger partial charge in [0.1, 0.15) is 0 Å². The van der Waals surface area contributed by atoms with Crippen LogP contribution in [0.2, 0.25) is 0 Å². The number of rotatable bonds is 2. The van der Waals surface area contributed by atoms with Crippen molar-refractivity contribution in [1.82, 2.24) is 10.2 Å². The minimum Gasteiger partial charge on any atom is -0.307 e. The van der Waals surface area contributed by atoms with Crippen LogP contribution in [0.5, 0.6) is 0 Å². The number of anilines is 2. The van der Waals surface area contributed by atoms with E-state index >= 15 is 0 Å². The number of nitrogens with zero attached hydrogens (tertiary/aromatic N) is 1. The van der Waals surface area contributed by atoms with E-state index in [1.54, 1.807) is 0 Å². The number of aryl methyl sites for hydroxylation is 1. The lowest BCUT2D eigenvalue weighted by atomic mass is 10.1. The van der Waals surface area contributed by atoms with Gasteiger partial charge in [-0.1, -0.05) is 12.1 Å². The minimum atomic E-state index is -0.409. The summed E-state index contributed by atoms with van der Waals surface area (Å²) in [5.41, 5.74) is 2.52. The fourth-order valence-electron chi connectivity index (χ4n) is 1.57. The molecule has 0 aliphatic rings. The molecule has 0 bridgehead atoms. The van der Waals surface area contributed by atoms with Crippen molar-refractivity contribution in [3.63, 3.8) is 0 Å². The van der Waals surface area contributed by atoms with Gasteiger partial charge in [0.05, 0.1) is 0 Å². The van der Waals surface area contributed by atoms with Gasteiger partial charge in [0.2, 0.25) is 0 Å². The molecule has 19 heavy (non-hydrogen) atoms. The molecule has 1 aromatic carbocycles. The topological polar surface area (TPSA) is 86.9 Å². The summed E-state index contributed by atoms with van der Waals surface area (Å²) >= 11 is 0. The van der Waals surface area contributed by atoms with Crippen molar-refractivity contribution >= 4 is 17.5 Å². The summed E-state index contributed by atoms with van der Waals surface area (Å²) in [5, 5.41) is 11.2. The summed E-state index contributed by atoms with van der Waals surface area (Å²) < 4.78 is 0. The molecule has 1 aromatic heterocycles. The van der Waals surface area contributed by atoms with Crippen LogP contribution in [0, 0.1) is 13.8 Å². The Kier molecular flexibility index (Phi) is 3.61. The van der Waals surface area contributed by atoms with Gasteiger partial charge in [-0.3, -0.25) is 10.1 Å². The zero-order valence-electron chi connectivity index (χ0n) is 10.7. The Balaban J connectivity index is 2.07. The van der Waals surface area contributed by atoms with Gasteiger partial charge in [-0.05, 0) is 37.1 Å². The minimum absolute atomic E-state index is 0.280. The molecule has 0 spiro atoms. The molecule has 0 fully saturated rings. The Morgan fingerprint density at radius 3 is 2.63 bits per heavy atom. The molecule has 0 aliphatic carbocycles. The Morgan fingerprint density at radius 1 is 1.16 bits per heavy atom. The number of amides is 2. The third-order valence-electron chi connectivity index (χ3n) is 2.77. The highest BCUT2D eigenvalue weighted by molar-refractivity contribution is 5.99. The van der Waals surface area contributed by atoms with Crippen LogP contribution in [0.1, 0.15) is 11.1 Å². The van der Waals surface area contributed by atoms with Crippen LogP contribution < -0.4 is 16.2 Å². The first kappa shape index (κ1) is 12.8. The van der Waals surface area contributed by atoms with Crippen LogP contribution in [0.25, 0.3) is 0 Å². The van der Waals surface area contributed by atoms with Gasteiger partial charge in [0.15, 0.2) is 5.82 Å². The van der Waals surface area contributed by atoms with Crippen LogP contribution >= 0.6 is 0 Å². The largest absolute Gasteiger partial charge is 0.324 e. The van der Waals surface area contributed by atoms with Crippen molar-refractivity contribution in [2.45, 2.75) is 13.8 Å². The lowest BCUT2D eigenvalue weighted by molar-refractivity contribution is 0.262. The van der Waals surface area contributed by atoms with Crippen LogP contribution in [0.15, 0.2) is 35.1 Å². The fourth-order valence-corrected chi connectivity index (χ4v) is 1.57.